The van der Waals surface area contributed by atoms with E-state index in [1.54, 1.807) is 6.08 Å². The highest BCUT2D eigenvalue weighted by Crippen LogP contribution is 2.70. The second-order valence-electron chi connectivity index (χ2n) is 13.1. The van der Waals surface area contributed by atoms with E-state index in [9.17, 15) is 23.2 Å². The fourth-order valence-corrected chi connectivity index (χ4v) is 9.17. The zero-order valence-corrected chi connectivity index (χ0v) is 24.2. The number of benzene rings is 1. The summed E-state index contributed by atoms with van der Waals surface area (Å²) < 4.78 is 56.2. The van der Waals surface area contributed by atoms with Gasteiger partial charge in [0.2, 0.25) is 0 Å². The molecule has 1 aromatic carbocycles. The molecular formula is C34H38F4N2O2. The zero-order chi connectivity index (χ0) is 29.9. The average Bonchev–Trinajstić information content (AvgIpc) is 3.29. The van der Waals surface area contributed by atoms with Gasteiger partial charge in [0.1, 0.15) is 12.0 Å². The SMILES string of the molecule is CC(=O)[C@@]1(C#CC(F)(F)F)CC[C@H]2[C@@H]3CC(F)C4=CC(=NO)CCC4=C3[C@@H](c3ccc(N4CCCCC4)cc3)C[C@@]21C. The summed E-state index contributed by atoms with van der Waals surface area (Å²) in [5, 5.41) is 12.8. The minimum Gasteiger partial charge on any atom is -0.411 e. The minimum absolute atomic E-state index is 0.164. The van der Waals surface area contributed by atoms with E-state index in [1.807, 2.05) is 6.92 Å². The van der Waals surface area contributed by atoms with Gasteiger partial charge < -0.3 is 10.1 Å². The molecule has 3 fully saturated rings. The number of nitrogens with zero attached hydrogens (tertiary/aromatic N) is 2. The molecule has 1 heterocycles. The Bertz CT molecular complexity index is 1410. The van der Waals surface area contributed by atoms with E-state index in [2.05, 4.69) is 40.2 Å². The lowest BCUT2D eigenvalue weighted by molar-refractivity contribution is -0.130. The van der Waals surface area contributed by atoms with Crippen LogP contribution in [0.3, 0.4) is 0 Å². The van der Waals surface area contributed by atoms with Crippen molar-refractivity contribution >= 4 is 17.2 Å². The summed E-state index contributed by atoms with van der Waals surface area (Å²) in [7, 11) is 0. The lowest BCUT2D eigenvalue weighted by atomic mass is 9.48. The van der Waals surface area contributed by atoms with Gasteiger partial charge in [0.05, 0.1) is 11.1 Å². The molecule has 1 saturated heterocycles. The van der Waals surface area contributed by atoms with Crippen LogP contribution in [0.2, 0.25) is 0 Å². The lowest BCUT2D eigenvalue weighted by Gasteiger charge is -2.55. The second-order valence-corrected chi connectivity index (χ2v) is 13.1. The molecule has 2 saturated carbocycles. The Morgan fingerprint density at radius 3 is 2.48 bits per heavy atom. The maximum Gasteiger partial charge on any atom is 0.457 e. The number of alkyl halides is 4. The van der Waals surface area contributed by atoms with Crippen LogP contribution in [-0.2, 0) is 4.79 Å². The molecule has 0 spiro atoms. The zero-order valence-electron chi connectivity index (χ0n) is 24.2. The molecule has 6 atom stereocenters. The maximum absolute atomic E-state index is 15.9. The first-order valence-electron chi connectivity index (χ1n) is 15.2. The van der Waals surface area contributed by atoms with Crippen LogP contribution in [-0.4, -0.2) is 42.1 Å². The van der Waals surface area contributed by atoms with Gasteiger partial charge in [0, 0.05) is 30.6 Å². The molecule has 1 unspecified atom stereocenters. The van der Waals surface area contributed by atoms with Crippen LogP contribution in [0.25, 0.3) is 0 Å². The first kappa shape index (κ1) is 29.0. The Balaban J connectivity index is 1.50. The summed E-state index contributed by atoms with van der Waals surface area (Å²) in [6.07, 6.45) is 1.73. The number of halogens is 4. The summed E-state index contributed by atoms with van der Waals surface area (Å²) >= 11 is 0. The number of hydrogen-bond acceptors (Lipinski definition) is 4. The minimum atomic E-state index is -4.70. The van der Waals surface area contributed by atoms with Crippen LogP contribution >= 0.6 is 0 Å². The van der Waals surface area contributed by atoms with Crippen molar-refractivity contribution in [2.75, 3.05) is 18.0 Å². The van der Waals surface area contributed by atoms with Crippen molar-refractivity contribution < 1.29 is 27.6 Å². The Morgan fingerprint density at radius 2 is 1.83 bits per heavy atom. The number of carbonyl (C=O) groups excluding carboxylic acids is 1. The number of oxime groups is 1. The molecule has 1 aromatic rings. The lowest BCUT2D eigenvalue weighted by Crippen LogP contribution is -2.51. The van der Waals surface area contributed by atoms with Crippen molar-refractivity contribution in [3.8, 4) is 11.8 Å². The summed E-state index contributed by atoms with van der Waals surface area (Å²) in [5.74, 6) is 3.05. The third-order valence-corrected chi connectivity index (χ3v) is 11.1. The Morgan fingerprint density at radius 1 is 1.12 bits per heavy atom. The van der Waals surface area contributed by atoms with Gasteiger partial charge in [-0.3, -0.25) is 4.79 Å². The van der Waals surface area contributed by atoms with Gasteiger partial charge in [0.25, 0.3) is 0 Å². The Kier molecular flexibility index (Phi) is 7.30. The number of Topliss-reactive ketones (excluding diaryl/α,β-unsaturated/α-hetero) is 1. The predicted molar refractivity (Wildman–Crippen MR) is 154 cm³/mol. The fourth-order valence-electron chi connectivity index (χ4n) is 9.17. The third kappa shape index (κ3) is 4.68. The first-order chi connectivity index (χ1) is 20.0. The van der Waals surface area contributed by atoms with E-state index in [-0.39, 0.29) is 36.4 Å². The monoisotopic (exact) mass is 582 g/mol. The highest BCUT2D eigenvalue weighted by atomic mass is 19.4. The molecular weight excluding hydrogens is 544 g/mol. The van der Waals surface area contributed by atoms with E-state index in [4.69, 9.17) is 0 Å². The molecule has 4 aliphatic carbocycles. The van der Waals surface area contributed by atoms with E-state index >= 15 is 4.39 Å². The first-order valence-corrected chi connectivity index (χ1v) is 15.2. The standard InChI is InChI=1S/C34H38F4N2O2/c1-21(41)33(14-15-34(36,37)38)13-12-29-27-19-30(35)26-18-23(39-42)8-11-25(26)31(27)28(20-32(29,33)2)22-6-9-24(10-7-22)40-16-4-3-5-17-40/h6-7,9-10,18,27-30,42H,3-5,8,11-13,16-17,19-20H2,1-2H3/t27-,28+,29-,30?,32-,33-/m0/s1. The molecule has 5 aliphatic rings. The molecule has 0 aromatic heterocycles. The normalized spacial score (nSPS) is 35.5. The Labute approximate surface area is 244 Å². The van der Waals surface area contributed by atoms with Gasteiger partial charge in [-0.1, -0.05) is 35.7 Å². The predicted octanol–water partition coefficient (Wildman–Crippen LogP) is 7.93. The third-order valence-electron chi connectivity index (χ3n) is 11.1. The van der Waals surface area contributed by atoms with Gasteiger partial charge >= 0.3 is 6.18 Å². The Hall–Kier alpha value is -3.08. The second kappa shape index (κ2) is 10.6. The van der Waals surface area contributed by atoms with Crippen molar-refractivity contribution in [2.24, 2.45) is 27.8 Å². The van der Waals surface area contributed by atoms with E-state index in [0.717, 1.165) is 48.3 Å². The number of rotatable bonds is 3. The molecule has 224 valence electrons. The van der Waals surface area contributed by atoms with E-state index < -0.39 is 23.2 Å². The topological polar surface area (TPSA) is 52.9 Å². The summed E-state index contributed by atoms with van der Waals surface area (Å²) in [6, 6.07) is 8.48. The van der Waals surface area contributed by atoms with Crippen LogP contribution in [0.5, 0.6) is 0 Å². The molecule has 0 bridgehead atoms. The van der Waals surface area contributed by atoms with Crippen molar-refractivity contribution in [1.29, 1.82) is 0 Å². The van der Waals surface area contributed by atoms with Crippen LogP contribution in [0.1, 0.15) is 83.1 Å². The van der Waals surface area contributed by atoms with Crippen molar-refractivity contribution in [3.63, 3.8) is 0 Å². The number of ketones is 1. The van der Waals surface area contributed by atoms with Gasteiger partial charge in [0.15, 0.2) is 0 Å². The summed E-state index contributed by atoms with van der Waals surface area (Å²) in [6.45, 7) is 5.33. The number of allylic oxidation sites excluding steroid dienone is 4. The fraction of sp³-hybridized carbons (Fsp3) is 0.588. The van der Waals surface area contributed by atoms with Gasteiger partial charge in [-0.15, -0.1) is 0 Å². The molecule has 1 aliphatic heterocycles. The highest BCUT2D eigenvalue weighted by Gasteiger charge is 2.65. The summed E-state index contributed by atoms with van der Waals surface area (Å²) in [4.78, 5) is 15.7. The quantitative estimate of drug-likeness (QED) is 0.170. The van der Waals surface area contributed by atoms with E-state index in [0.29, 0.717) is 37.0 Å². The van der Waals surface area contributed by atoms with Crippen molar-refractivity contribution in [3.05, 3.63) is 52.6 Å². The summed E-state index contributed by atoms with van der Waals surface area (Å²) in [5.41, 5.74) is 3.02. The van der Waals surface area contributed by atoms with Crippen molar-refractivity contribution in [1.82, 2.24) is 0 Å². The molecule has 0 amide bonds. The molecule has 4 nitrogen and oxygen atoms in total. The number of anilines is 1. The van der Waals surface area contributed by atoms with Crippen molar-refractivity contribution in [2.45, 2.75) is 89.9 Å². The van der Waals surface area contributed by atoms with Crippen LogP contribution < -0.4 is 4.90 Å². The molecule has 1 N–H and O–H groups in total. The van der Waals surface area contributed by atoms with Gasteiger partial charge in [-0.05, 0) is 117 Å². The number of hydrogen-bond donors (Lipinski definition) is 1. The number of fused-ring (bicyclic) bond motifs is 4. The molecule has 8 heteroatoms. The number of carbonyl (C=O) groups is 1. The molecule has 42 heavy (non-hydrogen) atoms. The van der Waals surface area contributed by atoms with E-state index in [1.165, 1.54) is 19.3 Å². The molecule has 6 rings (SSSR count). The molecule has 0 radical (unpaired) electrons. The smallest absolute Gasteiger partial charge is 0.411 e. The number of piperidine rings is 1. The van der Waals surface area contributed by atoms with Crippen LogP contribution in [0, 0.1) is 34.5 Å². The largest absolute Gasteiger partial charge is 0.457 e. The van der Waals surface area contributed by atoms with Crippen LogP contribution in [0.4, 0.5) is 23.2 Å². The maximum atomic E-state index is 15.9. The van der Waals surface area contributed by atoms with Crippen LogP contribution in [0.15, 0.2) is 52.2 Å². The average molecular weight is 583 g/mol. The van der Waals surface area contributed by atoms with Gasteiger partial charge in [-0.2, -0.15) is 13.2 Å². The van der Waals surface area contributed by atoms with Gasteiger partial charge in [-0.25, -0.2) is 4.39 Å². The highest BCUT2D eigenvalue weighted by molar-refractivity contribution is 5.97.